The van der Waals surface area contributed by atoms with Crippen molar-refractivity contribution in [2.24, 2.45) is 0 Å². The summed E-state index contributed by atoms with van der Waals surface area (Å²) in [5.41, 5.74) is 1.21. The maximum absolute atomic E-state index is 12.1. The van der Waals surface area contributed by atoms with Gasteiger partial charge in [0.15, 0.2) is 18.6 Å². The second-order valence-electron chi connectivity index (χ2n) is 3.63. The zero-order valence-electron chi connectivity index (χ0n) is 9.19. The first-order valence-corrected chi connectivity index (χ1v) is 5.31. The highest BCUT2D eigenvalue weighted by Crippen LogP contribution is 2.08. The number of aryl methyl sites for hydroxylation is 1. The number of ketones is 1. The molecule has 0 heterocycles. The average molecular weight is 226 g/mol. The minimum absolute atomic E-state index is 0.515. The fourth-order valence-electron chi connectivity index (χ4n) is 1.56. The molecule has 1 atom stereocenters. The van der Waals surface area contributed by atoms with Gasteiger partial charge in [-0.25, -0.2) is 10.3 Å². The molecule has 1 aromatic rings. The van der Waals surface area contributed by atoms with Crippen LogP contribution in [0.1, 0.15) is 18.4 Å². The minimum Gasteiger partial charge on any atom is -0.294 e. The molecule has 0 amide bonds. The zero-order chi connectivity index (χ0) is 11.8. The minimum atomic E-state index is -0.981. The molecule has 4 heteroatoms. The third-order valence-corrected chi connectivity index (χ3v) is 2.47. The summed E-state index contributed by atoms with van der Waals surface area (Å²) in [4.78, 5) is 15.7. The molecule has 0 bridgehead atoms. The van der Waals surface area contributed by atoms with Crippen molar-refractivity contribution in [2.45, 2.75) is 25.4 Å². The van der Waals surface area contributed by atoms with Crippen molar-refractivity contribution < 1.29 is 19.9 Å². The Labute approximate surface area is 94.4 Å². The summed E-state index contributed by atoms with van der Waals surface area (Å²) >= 11 is 0. The van der Waals surface area contributed by atoms with Crippen LogP contribution in [0.4, 0.5) is 4.39 Å². The number of quaternary nitrogens is 1. The molecule has 0 saturated carbocycles. The Balaban J connectivity index is 2.31. The van der Waals surface area contributed by atoms with E-state index in [0.717, 1.165) is 12.8 Å². The molecule has 0 aliphatic carbocycles. The van der Waals surface area contributed by atoms with E-state index in [1.54, 1.807) is 0 Å². The lowest BCUT2D eigenvalue weighted by Crippen LogP contribution is -2.55. The maximum atomic E-state index is 12.1. The summed E-state index contributed by atoms with van der Waals surface area (Å²) < 4.78 is 12.1. The van der Waals surface area contributed by atoms with E-state index in [0.29, 0.717) is 6.42 Å². The van der Waals surface area contributed by atoms with Crippen molar-refractivity contribution in [1.82, 2.24) is 0 Å². The Kier molecular flexibility index (Phi) is 5.67. The molecular weight excluding hydrogens is 209 g/mol. The second kappa shape index (κ2) is 7.09. The van der Waals surface area contributed by atoms with Gasteiger partial charge in [0.25, 0.3) is 0 Å². The number of halogens is 1. The Morgan fingerprint density at radius 2 is 2.06 bits per heavy atom. The van der Waals surface area contributed by atoms with Gasteiger partial charge in [-0.2, -0.15) is 4.84 Å². The molecule has 1 rings (SSSR count). The van der Waals surface area contributed by atoms with Crippen molar-refractivity contribution in [2.75, 3.05) is 6.67 Å². The van der Waals surface area contributed by atoms with Gasteiger partial charge in [0.2, 0.25) is 0 Å². The van der Waals surface area contributed by atoms with E-state index in [4.69, 9.17) is 4.84 Å². The number of hydrogen-bond donors (Lipinski definition) is 1. The van der Waals surface area contributed by atoms with Gasteiger partial charge in [-0.3, -0.25) is 4.79 Å². The Morgan fingerprint density at radius 3 is 2.62 bits per heavy atom. The smallest absolute Gasteiger partial charge is 0.198 e. The number of carbonyl (C=O) groups excluding carboxylic acids is 1. The molecule has 0 aromatic heterocycles. The molecule has 16 heavy (non-hydrogen) atoms. The van der Waals surface area contributed by atoms with E-state index < -0.39 is 18.6 Å². The van der Waals surface area contributed by atoms with Gasteiger partial charge in [0.1, 0.15) is 0 Å². The van der Waals surface area contributed by atoms with Gasteiger partial charge in [-0.1, -0.05) is 30.3 Å². The lowest BCUT2D eigenvalue weighted by molar-refractivity contribution is -0.697. The molecule has 0 fully saturated rings. The SMILES string of the molecule is [NH3+]OC(CCCc1ccccc1)C(=O)CF. The number of rotatable bonds is 7. The van der Waals surface area contributed by atoms with Crippen LogP contribution in [-0.2, 0) is 16.1 Å². The van der Waals surface area contributed by atoms with Crippen LogP contribution in [0.25, 0.3) is 0 Å². The van der Waals surface area contributed by atoms with Crippen LogP contribution < -0.4 is 5.90 Å². The predicted molar refractivity (Wildman–Crippen MR) is 58.1 cm³/mol. The van der Waals surface area contributed by atoms with Gasteiger partial charge >= 0.3 is 0 Å². The highest BCUT2D eigenvalue weighted by atomic mass is 19.1. The van der Waals surface area contributed by atoms with Gasteiger partial charge in [-0.15, -0.1) is 0 Å². The fourth-order valence-corrected chi connectivity index (χ4v) is 1.56. The maximum Gasteiger partial charge on any atom is 0.198 e. The van der Waals surface area contributed by atoms with E-state index in [1.807, 2.05) is 30.3 Å². The normalized spacial score (nSPS) is 12.4. The van der Waals surface area contributed by atoms with E-state index >= 15 is 0 Å². The lowest BCUT2D eigenvalue weighted by Gasteiger charge is -2.08. The molecule has 3 nitrogen and oxygen atoms in total. The summed E-state index contributed by atoms with van der Waals surface area (Å²) in [7, 11) is 0. The number of alkyl halides is 1. The van der Waals surface area contributed by atoms with Gasteiger partial charge in [0.05, 0.1) is 0 Å². The van der Waals surface area contributed by atoms with E-state index in [2.05, 4.69) is 5.90 Å². The van der Waals surface area contributed by atoms with Crippen LogP contribution in [0.2, 0.25) is 0 Å². The summed E-state index contributed by atoms with van der Waals surface area (Å²) in [5, 5.41) is 0. The second-order valence-corrected chi connectivity index (χ2v) is 3.63. The molecule has 0 radical (unpaired) electrons. The Hall–Kier alpha value is -1.26. The van der Waals surface area contributed by atoms with E-state index in [1.165, 1.54) is 5.56 Å². The first kappa shape index (κ1) is 12.8. The molecule has 0 aliphatic rings. The molecule has 1 aromatic carbocycles. The number of Topliss-reactive ketones (excluding diaryl/α,β-unsaturated/α-hetero) is 1. The van der Waals surface area contributed by atoms with Crippen molar-refractivity contribution in [1.29, 1.82) is 0 Å². The number of benzene rings is 1. The highest BCUT2D eigenvalue weighted by molar-refractivity contribution is 5.83. The third kappa shape index (κ3) is 4.08. The van der Waals surface area contributed by atoms with Crippen molar-refractivity contribution >= 4 is 5.78 Å². The average Bonchev–Trinajstić information content (AvgIpc) is 2.35. The van der Waals surface area contributed by atoms with Crippen molar-refractivity contribution in [3.63, 3.8) is 0 Å². The van der Waals surface area contributed by atoms with E-state index in [-0.39, 0.29) is 0 Å². The summed E-state index contributed by atoms with van der Waals surface area (Å²) in [6, 6.07) is 9.95. The first-order chi connectivity index (χ1) is 7.77. The van der Waals surface area contributed by atoms with Crippen LogP contribution in [0, 0.1) is 0 Å². The van der Waals surface area contributed by atoms with Crippen LogP contribution in [0.15, 0.2) is 30.3 Å². The van der Waals surface area contributed by atoms with Crippen LogP contribution in [0.3, 0.4) is 0 Å². The van der Waals surface area contributed by atoms with Crippen molar-refractivity contribution in [3.05, 3.63) is 35.9 Å². The molecule has 88 valence electrons. The molecule has 0 aliphatic heterocycles. The van der Waals surface area contributed by atoms with Crippen LogP contribution in [0.5, 0.6) is 0 Å². The summed E-state index contributed by atoms with van der Waals surface area (Å²) in [5.74, 6) is 2.67. The molecule has 1 unspecified atom stereocenters. The predicted octanol–water partition coefficient (Wildman–Crippen LogP) is 1.09. The standard InChI is InChI=1S/C12H17FNO2/c13-9-11(15)12(16-14)8-4-7-10-5-2-1-3-6-10/h1-3,5-6,12H,4,7-9H2,14H3/q+1. The lowest BCUT2D eigenvalue weighted by atomic mass is 10.0. The summed E-state index contributed by atoms with van der Waals surface area (Å²) in [6.45, 7) is -0.981. The molecular formula is C12H17FNO2+. The fraction of sp³-hybridized carbons (Fsp3) is 0.417. The molecule has 0 saturated heterocycles. The van der Waals surface area contributed by atoms with E-state index in [9.17, 15) is 9.18 Å². The number of hydrogen-bond acceptors (Lipinski definition) is 2. The first-order valence-electron chi connectivity index (χ1n) is 5.31. The summed E-state index contributed by atoms with van der Waals surface area (Å²) in [6.07, 6.45) is 1.46. The zero-order valence-corrected chi connectivity index (χ0v) is 9.19. The third-order valence-electron chi connectivity index (χ3n) is 2.47. The van der Waals surface area contributed by atoms with Gasteiger partial charge in [0, 0.05) is 0 Å². The van der Waals surface area contributed by atoms with Gasteiger partial charge in [-0.05, 0) is 24.8 Å². The molecule has 3 N–H and O–H groups in total. The van der Waals surface area contributed by atoms with Crippen LogP contribution >= 0.6 is 0 Å². The molecule has 0 spiro atoms. The quantitative estimate of drug-likeness (QED) is 0.707. The Bertz CT molecular complexity index is 316. The highest BCUT2D eigenvalue weighted by Gasteiger charge is 2.19. The van der Waals surface area contributed by atoms with Crippen LogP contribution in [-0.4, -0.2) is 18.6 Å². The van der Waals surface area contributed by atoms with Crippen molar-refractivity contribution in [3.8, 4) is 0 Å². The Morgan fingerprint density at radius 1 is 1.38 bits per heavy atom. The largest absolute Gasteiger partial charge is 0.294 e. The number of carbonyl (C=O) groups is 1. The monoisotopic (exact) mass is 226 g/mol. The topological polar surface area (TPSA) is 53.9 Å². The van der Waals surface area contributed by atoms with Gasteiger partial charge < -0.3 is 0 Å².